The molecule has 0 fully saturated rings. The summed E-state index contributed by atoms with van der Waals surface area (Å²) >= 11 is 0. The van der Waals surface area contributed by atoms with Gasteiger partial charge >= 0.3 is 5.69 Å². The first-order valence-corrected chi connectivity index (χ1v) is 6.35. The van der Waals surface area contributed by atoms with E-state index in [2.05, 4.69) is 5.32 Å². The Morgan fingerprint density at radius 3 is 2.43 bits per heavy atom. The van der Waals surface area contributed by atoms with E-state index in [0.717, 1.165) is 28.8 Å². The molecule has 2 rings (SSSR count). The highest BCUT2D eigenvalue weighted by Gasteiger charge is 2.14. The number of aryl methyl sites for hydroxylation is 2. The fourth-order valence-corrected chi connectivity index (χ4v) is 2.11. The quantitative estimate of drug-likeness (QED) is 0.665. The second-order valence-corrected chi connectivity index (χ2v) is 4.86. The van der Waals surface area contributed by atoms with E-state index >= 15 is 0 Å². The Balaban J connectivity index is 2.17. The zero-order valence-electron chi connectivity index (χ0n) is 11.7. The zero-order valence-corrected chi connectivity index (χ0v) is 11.7. The average Bonchev–Trinajstić information content (AvgIpc) is 2.43. The van der Waals surface area contributed by atoms with Crippen molar-refractivity contribution in [2.45, 2.75) is 20.4 Å². The lowest BCUT2D eigenvalue weighted by Gasteiger charge is -2.10. The first kappa shape index (κ1) is 14.8. The van der Waals surface area contributed by atoms with Crippen molar-refractivity contribution < 1.29 is 14.4 Å². The van der Waals surface area contributed by atoms with Crippen molar-refractivity contribution in [2.75, 3.05) is 5.32 Å². The summed E-state index contributed by atoms with van der Waals surface area (Å²) in [4.78, 5) is 9.93. The lowest BCUT2D eigenvalue weighted by Crippen LogP contribution is -2.02. The van der Waals surface area contributed by atoms with E-state index in [1.165, 1.54) is 6.07 Å². The molecular weight excluding hydrogens is 275 g/mol. The van der Waals surface area contributed by atoms with Crippen molar-refractivity contribution in [1.82, 2.24) is 0 Å². The maximum atomic E-state index is 13.2. The van der Waals surface area contributed by atoms with Gasteiger partial charge in [-0.05, 0) is 42.7 Å². The first-order chi connectivity index (χ1) is 9.88. The molecule has 110 valence electrons. The molecule has 2 aromatic carbocycles. The van der Waals surface area contributed by atoms with E-state index in [0.29, 0.717) is 12.2 Å². The van der Waals surface area contributed by atoms with Crippen molar-refractivity contribution in [2.24, 2.45) is 0 Å². The lowest BCUT2D eigenvalue weighted by molar-refractivity contribution is -0.387. The molecule has 6 heteroatoms. The van der Waals surface area contributed by atoms with Gasteiger partial charge < -0.3 is 10.4 Å². The predicted octanol–water partition coefficient (Wildman–Crippen LogP) is 3.67. The number of aromatic hydroxyl groups is 1. The van der Waals surface area contributed by atoms with Crippen LogP contribution in [-0.4, -0.2) is 10.0 Å². The molecule has 2 N–H and O–H groups in total. The van der Waals surface area contributed by atoms with E-state index in [1.807, 2.05) is 12.1 Å². The van der Waals surface area contributed by atoms with E-state index in [1.54, 1.807) is 13.8 Å². The molecule has 0 aromatic heterocycles. The molecule has 0 unspecified atom stereocenters. The molecule has 0 heterocycles. The number of nitro groups is 1. The van der Waals surface area contributed by atoms with Gasteiger partial charge in [-0.3, -0.25) is 10.1 Å². The first-order valence-electron chi connectivity index (χ1n) is 6.35. The van der Waals surface area contributed by atoms with E-state index in [-0.39, 0.29) is 5.75 Å². The number of halogens is 1. The van der Waals surface area contributed by atoms with Gasteiger partial charge in [0.25, 0.3) is 0 Å². The van der Waals surface area contributed by atoms with Crippen molar-refractivity contribution in [1.29, 1.82) is 0 Å². The standard InChI is InChI=1S/C15H15FN2O3/c1-9-5-11(6-10(2)15(9)19)8-17-12-3-4-13(16)14(7-12)18(20)21/h3-7,17,19H,8H2,1-2H3. The van der Waals surface area contributed by atoms with Gasteiger partial charge in [-0.2, -0.15) is 4.39 Å². The second-order valence-electron chi connectivity index (χ2n) is 4.86. The fourth-order valence-electron chi connectivity index (χ4n) is 2.11. The van der Waals surface area contributed by atoms with Crippen molar-refractivity contribution in [3.05, 3.63) is 63.0 Å². The molecule has 0 bridgehead atoms. The summed E-state index contributed by atoms with van der Waals surface area (Å²) in [5.74, 6) is -0.599. The molecule has 0 atom stereocenters. The fraction of sp³-hybridized carbons (Fsp3) is 0.200. The minimum absolute atomic E-state index is 0.260. The molecule has 5 nitrogen and oxygen atoms in total. The third-order valence-corrected chi connectivity index (χ3v) is 3.19. The summed E-state index contributed by atoms with van der Waals surface area (Å²) in [5, 5.41) is 23.4. The molecule has 0 amide bonds. The monoisotopic (exact) mass is 290 g/mol. The number of nitrogens with zero attached hydrogens (tertiary/aromatic N) is 1. The minimum Gasteiger partial charge on any atom is -0.507 e. The van der Waals surface area contributed by atoms with E-state index < -0.39 is 16.4 Å². The minimum atomic E-state index is -0.859. The smallest absolute Gasteiger partial charge is 0.306 e. The number of anilines is 1. The average molecular weight is 290 g/mol. The lowest BCUT2D eigenvalue weighted by atomic mass is 10.1. The molecule has 0 aliphatic heterocycles. The molecule has 0 aliphatic carbocycles. The highest BCUT2D eigenvalue weighted by molar-refractivity contribution is 5.52. The van der Waals surface area contributed by atoms with Crippen LogP contribution < -0.4 is 5.32 Å². The van der Waals surface area contributed by atoms with Crippen molar-refractivity contribution >= 4 is 11.4 Å². The number of phenolic OH excluding ortho intramolecular Hbond substituents is 1. The van der Waals surface area contributed by atoms with Gasteiger partial charge in [0.2, 0.25) is 5.82 Å². The van der Waals surface area contributed by atoms with Crippen LogP contribution in [0.15, 0.2) is 30.3 Å². The summed E-state index contributed by atoms with van der Waals surface area (Å²) in [5.41, 5.74) is 2.35. The Morgan fingerprint density at radius 1 is 1.24 bits per heavy atom. The maximum absolute atomic E-state index is 13.2. The van der Waals surface area contributed by atoms with Crippen LogP contribution in [0.1, 0.15) is 16.7 Å². The van der Waals surface area contributed by atoms with E-state index in [4.69, 9.17) is 0 Å². The number of rotatable bonds is 4. The van der Waals surface area contributed by atoms with Gasteiger partial charge in [-0.15, -0.1) is 0 Å². The zero-order chi connectivity index (χ0) is 15.6. The van der Waals surface area contributed by atoms with Crippen molar-refractivity contribution in [3.63, 3.8) is 0 Å². The van der Waals surface area contributed by atoms with Gasteiger partial charge in [-0.25, -0.2) is 0 Å². The molecule has 0 saturated carbocycles. The third kappa shape index (κ3) is 3.28. The second kappa shape index (κ2) is 5.78. The van der Waals surface area contributed by atoms with Crippen LogP contribution >= 0.6 is 0 Å². The number of hydrogen-bond acceptors (Lipinski definition) is 4. The normalized spacial score (nSPS) is 10.4. The predicted molar refractivity (Wildman–Crippen MR) is 78.0 cm³/mol. The summed E-state index contributed by atoms with van der Waals surface area (Å²) in [7, 11) is 0. The Morgan fingerprint density at radius 2 is 1.86 bits per heavy atom. The van der Waals surface area contributed by atoms with Crippen molar-refractivity contribution in [3.8, 4) is 5.75 Å². The summed E-state index contributed by atoms with van der Waals surface area (Å²) in [6, 6.07) is 7.33. The topological polar surface area (TPSA) is 75.4 Å². The van der Waals surface area contributed by atoms with Crippen LogP contribution in [0.3, 0.4) is 0 Å². The number of nitrogens with one attached hydrogen (secondary N) is 1. The van der Waals surface area contributed by atoms with E-state index in [9.17, 15) is 19.6 Å². The largest absolute Gasteiger partial charge is 0.507 e. The van der Waals surface area contributed by atoms with Gasteiger partial charge in [0, 0.05) is 18.3 Å². The number of nitro benzene ring substituents is 1. The molecule has 0 saturated heterocycles. The van der Waals surface area contributed by atoms with Crippen LogP contribution in [-0.2, 0) is 6.54 Å². The molecule has 0 spiro atoms. The summed E-state index contributed by atoms with van der Waals surface area (Å²) < 4.78 is 13.2. The highest BCUT2D eigenvalue weighted by atomic mass is 19.1. The van der Waals surface area contributed by atoms with Crippen LogP contribution in [0.2, 0.25) is 0 Å². The molecule has 0 aliphatic rings. The van der Waals surface area contributed by atoms with Gasteiger partial charge in [0.1, 0.15) is 5.75 Å². The number of hydrogen-bond donors (Lipinski definition) is 2. The van der Waals surface area contributed by atoms with Gasteiger partial charge in [0.05, 0.1) is 4.92 Å². The maximum Gasteiger partial charge on any atom is 0.306 e. The number of phenols is 1. The molecule has 2 aromatic rings. The Kier molecular flexibility index (Phi) is 4.07. The van der Waals surface area contributed by atoms with Crippen LogP contribution in [0, 0.1) is 29.8 Å². The summed E-state index contributed by atoms with van der Waals surface area (Å²) in [6.45, 7) is 4.02. The van der Waals surface area contributed by atoms with Crippen LogP contribution in [0.5, 0.6) is 5.75 Å². The van der Waals surface area contributed by atoms with Crippen LogP contribution in [0.4, 0.5) is 15.8 Å². The van der Waals surface area contributed by atoms with Gasteiger partial charge in [-0.1, -0.05) is 12.1 Å². The molecule has 21 heavy (non-hydrogen) atoms. The Bertz CT molecular complexity index is 678. The Hall–Kier alpha value is -2.63. The highest BCUT2D eigenvalue weighted by Crippen LogP contribution is 2.25. The van der Waals surface area contributed by atoms with Crippen LogP contribution in [0.25, 0.3) is 0 Å². The Labute approximate surface area is 121 Å². The summed E-state index contributed by atoms with van der Waals surface area (Å²) in [6.07, 6.45) is 0. The molecular formula is C15H15FN2O3. The van der Waals surface area contributed by atoms with Gasteiger partial charge in [0.15, 0.2) is 0 Å². The third-order valence-electron chi connectivity index (χ3n) is 3.19. The SMILES string of the molecule is Cc1cc(CNc2ccc(F)c([N+](=O)[O-])c2)cc(C)c1O. The number of benzene rings is 2. The molecule has 0 radical (unpaired) electrons.